The molecule has 88 valence electrons. The van der Waals surface area contributed by atoms with Crippen molar-refractivity contribution in [3.05, 3.63) is 36.4 Å². The van der Waals surface area contributed by atoms with E-state index in [1.807, 2.05) is 0 Å². The largest absolute Gasteiger partial charge is 0.504 e. The first kappa shape index (κ1) is 12.7. The van der Waals surface area contributed by atoms with Gasteiger partial charge >= 0.3 is 5.51 Å². The van der Waals surface area contributed by atoms with Gasteiger partial charge in [-0.1, -0.05) is 24.8 Å². The van der Waals surface area contributed by atoms with E-state index in [9.17, 15) is 17.4 Å². The summed E-state index contributed by atoms with van der Waals surface area (Å²) in [6, 6.07) is 5.30. The van der Waals surface area contributed by atoms with Gasteiger partial charge in [-0.2, -0.15) is 17.5 Å². The van der Waals surface area contributed by atoms with Crippen molar-refractivity contribution in [1.82, 2.24) is 0 Å². The van der Waals surface area contributed by atoms with Crippen LogP contribution >= 0.6 is 0 Å². The molecule has 0 amide bonds. The van der Waals surface area contributed by atoms with E-state index in [0.717, 1.165) is 0 Å². The third-order valence-corrected chi connectivity index (χ3v) is 2.72. The van der Waals surface area contributed by atoms with Crippen molar-refractivity contribution in [3.63, 3.8) is 0 Å². The fourth-order valence-electron chi connectivity index (χ4n) is 0.866. The second kappa shape index (κ2) is 4.26. The van der Waals surface area contributed by atoms with Crippen LogP contribution in [0.5, 0.6) is 0 Å². The third-order valence-electron chi connectivity index (χ3n) is 1.66. The van der Waals surface area contributed by atoms with Gasteiger partial charge in [-0.05, 0) is 17.7 Å². The van der Waals surface area contributed by atoms with E-state index in [-0.39, 0.29) is 5.69 Å². The van der Waals surface area contributed by atoms with Gasteiger partial charge in [0.15, 0.2) is 0 Å². The van der Waals surface area contributed by atoms with Gasteiger partial charge in [0.2, 0.25) is 0 Å². The van der Waals surface area contributed by atoms with Crippen LogP contribution in [-0.2, 0) is 10.0 Å². The second-order valence-electron chi connectivity index (χ2n) is 2.83. The molecule has 0 saturated heterocycles. The Hall–Kier alpha value is -1.34. The fourth-order valence-corrected chi connectivity index (χ4v) is 1.38. The molecule has 0 heterocycles. The lowest BCUT2D eigenvalue weighted by molar-refractivity contribution is -0.0468. The number of halogens is 3. The lowest BCUT2D eigenvalue weighted by Gasteiger charge is -2.06. The minimum atomic E-state index is -5.26. The number of hydrogen-bond acceptors (Lipinski definition) is 2. The van der Waals surface area contributed by atoms with Gasteiger partial charge in [0.05, 0.1) is 5.69 Å². The monoisotopic (exact) mass is 251 g/mol. The van der Waals surface area contributed by atoms with Gasteiger partial charge in [-0.15, -0.1) is 0 Å². The van der Waals surface area contributed by atoms with Crippen LogP contribution in [0.3, 0.4) is 0 Å². The zero-order valence-corrected chi connectivity index (χ0v) is 8.76. The van der Waals surface area contributed by atoms with Crippen molar-refractivity contribution < 1.29 is 21.9 Å². The van der Waals surface area contributed by atoms with Crippen LogP contribution in [0.15, 0.2) is 35.2 Å². The Labute approximate surface area is 90.6 Å². The summed E-state index contributed by atoms with van der Waals surface area (Å²) in [5.41, 5.74) is -4.80. The lowest BCUT2D eigenvalue weighted by atomic mass is 10.2. The van der Waals surface area contributed by atoms with Crippen molar-refractivity contribution >= 4 is 21.8 Å². The van der Waals surface area contributed by atoms with Gasteiger partial charge in [-0.3, -0.25) is 4.55 Å². The first-order valence-corrected chi connectivity index (χ1v) is 5.52. The summed E-state index contributed by atoms with van der Waals surface area (Å²) in [7, 11) is -5.22. The Morgan fingerprint density at radius 2 is 1.81 bits per heavy atom. The Kier molecular flexibility index (Phi) is 3.39. The topological polar surface area (TPSA) is 49.7 Å². The molecule has 0 aliphatic carbocycles. The van der Waals surface area contributed by atoms with E-state index in [0.29, 0.717) is 5.56 Å². The van der Waals surface area contributed by atoms with Gasteiger partial charge in [0.25, 0.3) is 10.0 Å². The summed E-state index contributed by atoms with van der Waals surface area (Å²) in [6.45, 7) is 3.46. The molecule has 0 spiro atoms. The van der Waals surface area contributed by atoms with Crippen molar-refractivity contribution in [2.24, 2.45) is 4.36 Å². The lowest BCUT2D eigenvalue weighted by Crippen LogP contribution is -2.21. The predicted octanol–water partition coefficient (Wildman–Crippen LogP) is 3.42. The molecular weight excluding hydrogens is 243 g/mol. The summed E-state index contributed by atoms with van der Waals surface area (Å²) in [5, 5.41) is 0. The summed E-state index contributed by atoms with van der Waals surface area (Å²) in [5.74, 6) is 0. The second-order valence-corrected chi connectivity index (χ2v) is 4.47. The highest BCUT2D eigenvalue weighted by molar-refractivity contribution is 7.89. The molecule has 0 aliphatic heterocycles. The minimum absolute atomic E-state index is 0.213. The SMILES string of the molecule is C=Cc1ccc(N=S(=O)(O)C(F)(F)F)cc1. The van der Waals surface area contributed by atoms with Crippen LogP contribution in [0.25, 0.3) is 6.08 Å². The number of hydrogen-bond donors (Lipinski definition) is 1. The molecule has 0 aromatic heterocycles. The molecule has 16 heavy (non-hydrogen) atoms. The molecule has 1 aromatic carbocycles. The first-order chi connectivity index (χ1) is 7.26. The maximum Gasteiger partial charge on any atom is 0.504 e. The van der Waals surface area contributed by atoms with Crippen LogP contribution in [0.2, 0.25) is 0 Å². The molecule has 1 aromatic rings. The van der Waals surface area contributed by atoms with Crippen LogP contribution in [0.1, 0.15) is 5.56 Å². The van der Waals surface area contributed by atoms with Crippen molar-refractivity contribution in [1.29, 1.82) is 0 Å². The van der Waals surface area contributed by atoms with Crippen molar-refractivity contribution in [3.8, 4) is 0 Å². The first-order valence-electron chi connectivity index (χ1n) is 4.04. The van der Waals surface area contributed by atoms with Crippen molar-refractivity contribution in [2.45, 2.75) is 5.51 Å². The molecule has 1 unspecified atom stereocenters. The smallest absolute Gasteiger partial charge is 0.293 e. The molecule has 0 bridgehead atoms. The standard InChI is InChI=1S/C9H8F3NO2S/c1-2-7-3-5-8(6-4-7)13-16(14,15)9(10,11)12/h2-6H,1H2,(H,13,14,15). The highest BCUT2D eigenvalue weighted by Crippen LogP contribution is 2.27. The normalized spacial score (nSPS) is 15.2. The van der Waals surface area contributed by atoms with E-state index in [1.165, 1.54) is 30.3 Å². The number of nitrogens with zero attached hydrogens (tertiary/aromatic N) is 1. The number of benzene rings is 1. The summed E-state index contributed by atoms with van der Waals surface area (Å²) >= 11 is 0. The van der Waals surface area contributed by atoms with E-state index in [4.69, 9.17) is 4.55 Å². The van der Waals surface area contributed by atoms with Gasteiger partial charge in [0.1, 0.15) is 0 Å². The average molecular weight is 251 g/mol. The van der Waals surface area contributed by atoms with E-state index in [1.54, 1.807) is 0 Å². The van der Waals surface area contributed by atoms with Crippen molar-refractivity contribution in [2.75, 3.05) is 0 Å². The molecular formula is C9H8F3NO2S. The molecule has 0 fully saturated rings. The zero-order valence-electron chi connectivity index (χ0n) is 7.94. The summed E-state index contributed by atoms with van der Waals surface area (Å²) in [4.78, 5) is 0. The highest BCUT2D eigenvalue weighted by atomic mass is 32.2. The summed E-state index contributed by atoms with van der Waals surface area (Å²) < 4.78 is 58.3. The van der Waals surface area contributed by atoms with E-state index < -0.39 is 15.5 Å². The quantitative estimate of drug-likeness (QED) is 0.875. The van der Waals surface area contributed by atoms with Crippen LogP contribution in [0, 0.1) is 0 Å². The predicted molar refractivity (Wildman–Crippen MR) is 55.4 cm³/mol. The minimum Gasteiger partial charge on any atom is -0.293 e. The zero-order chi connectivity index (χ0) is 12.4. The van der Waals surface area contributed by atoms with Crippen LogP contribution in [0.4, 0.5) is 18.9 Å². The Bertz CT molecular complexity index is 498. The fraction of sp³-hybridized carbons (Fsp3) is 0.111. The molecule has 0 saturated carbocycles. The number of alkyl halides is 3. The van der Waals surface area contributed by atoms with Gasteiger partial charge in [-0.25, -0.2) is 4.21 Å². The Balaban J connectivity index is 3.17. The Morgan fingerprint density at radius 1 is 1.31 bits per heavy atom. The molecule has 1 rings (SSSR count). The molecule has 3 nitrogen and oxygen atoms in total. The van der Waals surface area contributed by atoms with Crippen LogP contribution in [-0.4, -0.2) is 14.3 Å². The molecule has 0 radical (unpaired) electrons. The van der Waals surface area contributed by atoms with Gasteiger partial charge in [0, 0.05) is 0 Å². The summed E-state index contributed by atoms with van der Waals surface area (Å²) in [6.07, 6.45) is 1.49. The molecule has 1 N–H and O–H groups in total. The number of rotatable bonds is 2. The Morgan fingerprint density at radius 3 is 2.19 bits per heavy atom. The maximum absolute atomic E-state index is 12.0. The average Bonchev–Trinajstić information content (AvgIpc) is 2.16. The molecule has 7 heteroatoms. The van der Waals surface area contributed by atoms with E-state index in [2.05, 4.69) is 10.9 Å². The van der Waals surface area contributed by atoms with E-state index >= 15 is 0 Å². The van der Waals surface area contributed by atoms with Crippen LogP contribution < -0.4 is 0 Å². The van der Waals surface area contributed by atoms with Gasteiger partial charge < -0.3 is 0 Å². The third kappa shape index (κ3) is 2.83. The molecule has 1 atom stereocenters. The molecule has 0 aliphatic rings. The maximum atomic E-state index is 12.0. The highest BCUT2D eigenvalue weighted by Gasteiger charge is 2.42.